The van der Waals surface area contributed by atoms with Gasteiger partial charge in [-0.3, -0.25) is 9.52 Å². The Morgan fingerprint density at radius 2 is 2.00 bits per heavy atom. The molecule has 0 bridgehead atoms. The number of rotatable bonds is 9. The molecule has 1 aliphatic heterocycles. The number of pyridine rings is 1. The Morgan fingerprint density at radius 1 is 1.18 bits per heavy atom. The molecule has 0 aliphatic carbocycles. The number of carbonyl (C=O) groups excluding carboxylic acids is 1. The van der Waals surface area contributed by atoms with Crippen molar-refractivity contribution in [3.63, 3.8) is 0 Å². The van der Waals surface area contributed by atoms with Gasteiger partial charge in [0.2, 0.25) is 0 Å². The summed E-state index contributed by atoms with van der Waals surface area (Å²) in [6, 6.07) is 16.8. The molecule has 1 amide bonds. The molecule has 2 aromatic carbocycles. The van der Waals surface area contributed by atoms with E-state index in [1.807, 2.05) is 0 Å². The molecule has 0 spiro atoms. The average molecular weight is 500 g/mol. The van der Waals surface area contributed by atoms with Gasteiger partial charge in [-0.2, -0.15) is 0 Å². The first kappa shape index (κ1) is 24.1. The van der Waals surface area contributed by atoms with Crippen molar-refractivity contribution < 1.29 is 22.7 Å². The standard InChI is InChI=1S/C24H25N3O5S2/c1-31-19-4-2-6-22(14-19)34(29,30)27-18-8-10-21(11-9-18)33-23-12-7-17(15-25-23)24(28)26-16-20-5-3-13-32-20/h2,4,6-12,14-15,20,27H,3,5,13,16H2,1H3,(H,26,28). The zero-order valence-corrected chi connectivity index (χ0v) is 20.2. The van der Waals surface area contributed by atoms with Crippen LogP contribution >= 0.6 is 11.8 Å². The lowest BCUT2D eigenvalue weighted by Crippen LogP contribution is -2.31. The van der Waals surface area contributed by atoms with E-state index in [0.717, 1.165) is 29.4 Å². The van der Waals surface area contributed by atoms with Gasteiger partial charge in [-0.15, -0.1) is 0 Å². The zero-order chi connectivity index (χ0) is 24.0. The molecule has 0 saturated carbocycles. The minimum absolute atomic E-state index is 0.0923. The SMILES string of the molecule is COc1cccc(S(=O)(=O)Nc2ccc(Sc3ccc(C(=O)NCC4CCCO4)cn3)cc2)c1. The van der Waals surface area contributed by atoms with Gasteiger partial charge in [-0.05, 0) is 61.4 Å². The van der Waals surface area contributed by atoms with Gasteiger partial charge in [-0.25, -0.2) is 13.4 Å². The van der Waals surface area contributed by atoms with Crippen LogP contribution in [-0.2, 0) is 14.8 Å². The second-order valence-corrected chi connectivity index (χ2v) is 10.4. The van der Waals surface area contributed by atoms with Crippen molar-refractivity contribution in [3.05, 3.63) is 72.4 Å². The quantitative estimate of drug-likeness (QED) is 0.459. The highest BCUT2D eigenvalue weighted by molar-refractivity contribution is 7.99. The highest BCUT2D eigenvalue weighted by Crippen LogP contribution is 2.28. The van der Waals surface area contributed by atoms with Crippen LogP contribution in [0, 0.1) is 0 Å². The first-order valence-electron chi connectivity index (χ1n) is 10.7. The number of amides is 1. The zero-order valence-electron chi connectivity index (χ0n) is 18.6. The van der Waals surface area contributed by atoms with E-state index in [1.165, 1.54) is 31.0 Å². The van der Waals surface area contributed by atoms with Gasteiger partial charge in [0.15, 0.2) is 0 Å². The van der Waals surface area contributed by atoms with E-state index in [4.69, 9.17) is 9.47 Å². The summed E-state index contributed by atoms with van der Waals surface area (Å²) in [6.07, 6.45) is 3.64. The van der Waals surface area contributed by atoms with Crippen molar-refractivity contribution in [2.45, 2.75) is 33.8 Å². The second kappa shape index (κ2) is 10.9. The first-order valence-corrected chi connectivity index (χ1v) is 13.0. The van der Waals surface area contributed by atoms with Crippen LogP contribution in [-0.4, -0.2) is 45.7 Å². The van der Waals surface area contributed by atoms with Crippen molar-refractivity contribution in [3.8, 4) is 5.75 Å². The summed E-state index contributed by atoms with van der Waals surface area (Å²) < 4.78 is 38.4. The molecule has 8 nitrogen and oxygen atoms in total. The maximum Gasteiger partial charge on any atom is 0.262 e. The van der Waals surface area contributed by atoms with Crippen molar-refractivity contribution >= 4 is 33.4 Å². The molecule has 2 heterocycles. The van der Waals surface area contributed by atoms with Gasteiger partial charge in [0, 0.05) is 36.0 Å². The highest BCUT2D eigenvalue weighted by Gasteiger charge is 2.17. The summed E-state index contributed by atoms with van der Waals surface area (Å²) in [4.78, 5) is 17.6. The number of nitrogens with zero attached hydrogens (tertiary/aromatic N) is 1. The molecule has 3 aromatic rings. The molecule has 1 unspecified atom stereocenters. The Balaban J connectivity index is 1.33. The number of hydrogen-bond donors (Lipinski definition) is 2. The number of benzene rings is 2. The van der Waals surface area contributed by atoms with E-state index in [-0.39, 0.29) is 16.9 Å². The van der Waals surface area contributed by atoms with Crippen LogP contribution in [0.15, 0.2) is 81.7 Å². The largest absolute Gasteiger partial charge is 0.497 e. The monoisotopic (exact) mass is 499 g/mol. The fourth-order valence-corrected chi connectivity index (χ4v) is 5.23. The number of carbonyl (C=O) groups is 1. The van der Waals surface area contributed by atoms with E-state index >= 15 is 0 Å². The molecule has 1 atom stereocenters. The van der Waals surface area contributed by atoms with Gasteiger partial charge in [-0.1, -0.05) is 17.8 Å². The third-order valence-electron chi connectivity index (χ3n) is 5.19. The number of sulfonamides is 1. The van der Waals surface area contributed by atoms with Crippen LogP contribution in [0.4, 0.5) is 5.69 Å². The predicted octanol–water partition coefficient (Wildman–Crippen LogP) is 3.95. The Labute approximate surface area is 203 Å². The Hall–Kier alpha value is -3.08. The molecule has 0 radical (unpaired) electrons. The lowest BCUT2D eigenvalue weighted by Gasteiger charge is -2.11. The van der Waals surface area contributed by atoms with Crippen molar-refractivity contribution in [2.24, 2.45) is 0 Å². The van der Waals surface area contributed by atoms with E-state index in [1.54, 1.807) is 54.7 Å². The van der Waals surface area contributed by atoms with E-state index in [2.05, 4.69) is 15.0 Å². The average Bonchev–Trinajstić information content (AvgIpc) is 3.38. The highest BCUT2D eigenvalue weighted by atomic mass is 32.2. The van der Waals surface area contributed by atoms with Crippen LogP contribution in [0.2, 0.25) is 0 Å². The first-order chi connectivity index (χ1) is 16.4. The smallest absolute Gasteiger partial charge is 0.262 e. The summed E-state index contributed by atoms with van der Waals surface area (Å²) in [7, 11) is -2.25. The molecule has 1 fully saturated rings. The van der Waals surface area contributed by atoms with E-state index in [0.29, 0.717) is 23.5 Å². The molecule has 1 aromatic heterocycles. The van der Waals surface area contributed by atoms with E-state index < -0.39 is 10.0 Å². The number of hydrogen-bond acceptors (Lipinski definition) is 7. The van der Waals surface area contributed by atoms with Crippen LogP contribution in [0.5, 0.6) is 5.75 Å². The molecular formula is C24H25N3O5S2. The summed E-state index contributed by atoms with van der Waals surface area (Å²) in [6.45, 7) is 1.26. The van der Waals surface area contributed by atoms with Gasteiger partial charge in [0.1, 0.15) is 10.8 Å². The summed E-state index contributed by atoms with van der Waals surface area (Å²) in [5.74, 6) is 0.292. The van der Waals surface area contributed by atoms with Crippen LogP contribution in [0.1, 0.15) is 23.2 Å². The van der Waals surface area contributed by atoms with Crippen LogP contribution in [0.3, 0.4) is 0 Å². The van der Waals surface area contributed by atoms with Gasteiger partial charge in [0.05, 0.1) is 23.7 Å². The Kier molecular flexibility index (Phi) is 7.71. The summed E-state index contributed by atoms with van der Waals surface area (Å²) >= 11 is 1.41. The predicted molar refractivity (Wildman–Crippen MR) is 130 cm³/mol. The maximum atomic E-state index is 12.6. The van der Waals surface area contributed by atoms with Crippen LogP contribution < -0.4 is 14.8 Å². The fraction of sp³-hybridized carbons (Fsp3) is 0.250. The lowest BCUT2D eigenvalue weighted by molar-refractivity contribution is 0.0857. The molecule has 4 rings (SSSR count). The fourth-order valence-electron chi connectivity index (χ4n) is 3.38. The molecule has 10 heteroatoms. The van der Waals surface area contributed by atoms with Crippen molar-refractivity contribution in [1.82, 2.24) is 10.3 Å². The topological polar surface area (TPSA) is 107 Å². The maximum absolute atomic E-state index is 12.6. The Bertz CT molecular complexity index is 1230. The second-order valence-electron chi connectivity index (χ2n) is 7.64. The van der Waals surface area contributed by atoms with Gasteiger partial charge >= 0.3 is 0 Å². The third-order valence-corrected chi connectivity index (χ3v) is 7.53. The molecule has 1 aliphatic rings. The minimum atomic E-state index is -3.74. The molecular weight excluding hydrogens is 474 g/mol. The van der Waals surface area contributed by atoms with Gasteiger partial charge < -0.3 is 14.8 Å². The van der Waals surface area contributed by atoms with Crippen molar-refractivity contribution in [2.75, 3.05) is 25.0 Å². The summed E-state index contributed by atoms with van der Waals surface area (Å²) in [5.41, 5.74) is 0.933. The number of anilines is 1. The van der Waals surface area contributed by atoms with Crippen molar-refractivity contribution in [1.29, 1.82) is 0 Å². The Morgan fingerprint density at radius 3 is 2.68 bits per heavy atom. The number of methoxy groups -OCH3 is 1. The molecule has 2 N–H and O–H groups in total. The summed E-state index contributed by atoms with van der Waals surface area (Å²) in [5, 5.41) is 3.60. The van der Waals surface area contributed by atoms with Gasteiger partial charge in [0.25, 0.3) is 15.9 Å². The lowest BCUT2D eigenvalue weighted by atomic mass is 10.2. The third kappa shape index (κ3) is 6.28. The number of aromatic nitrogens is 1. The minimum Gasteiger partial charge on any atom is -0.497 e. The molecule has 178 valence electrons. The van der Waals surface area contributed by atoms with E-state index in [9.17, 15) is 13.2 Å². The molecule has 1 saturated heterocycles. The normalized spacial score (nSPS) is 15.6. The molecule has 34 heavy (non-hydrogen) atoms. The number of nitrogens with one attached hydrogen (secondary N) is 2. The van der Waals surface area contributed by atoms with Crippen LogP contribution in [0.25, 0.3) is 0 Å². The number of ether oxygens (including phenoxy) is 2.